The minimum absolute atomic E-state index is 0.164. The van der Waals surface area contributed by atoms with Gasteiger partial charge in [-0.05, 0) is 52.8 Å². The number of nitrogens with one attached hydrogen (secondary N) is 2. The fourth-order valence-electron chi connectivity index (χ4n) is 5.10. The molecule has 3 heterocycles. The van der Waals surface area contributed by atoms with Crippen LogP contribution >= 0.6 is 34.4 Å². The Morgan fingerprint density at radius 1 is 0.953 bits per heavy atom. The third-order valence-corrected chi connectivity index (χ3v) is 10.4. The van der Waals surface area contributed by atoms with Crippen molar-refractivity contribution < 1.29 is 9.59 Å². The number of thiophene rings is 2. The number of fused-ring (bicyclic) bond motifs is 1. The molecule has 0 saturated heterocycles. The number of nitriles is 1. The summed E-state index contributed by atoms with van der Waals surface area (Å²) in [6, 6.07) is 33.5. The molecular weight excluding hydrogens is 593 g/mol. The van der Waals surface area contributed by atoms with Crippen molar-refractivity contribution in [3.8, 4) is 6.07 Å². The summed E-state index contributed by atoms with van der Waals surface area (Å²) in [7, 11) is 0. The van der Waals surface area contributed by atoms with Gasteiger partial charge >= 0.3 is 0 Å². The molecule has 0 saturated carbocycles. The number of amides is 2. The van der Waals surface area contributed by atoms with E-state index in [4.69, 9.17) is 0 Å². The van der Waals surface area contributed by atoms with Gasteiger partial charge < -0.3 is 10.6 Å². The molecule has 0 radical (unpaired) electrons. The number of thioether (sulfide) groups is 1. The Hall–Kier alpha value is -4.20. The molecule has 214 valence electrons. The second kappa shape index (κ2) is 13.4. The highest BCUT2D eigenvalue weighted by atomic mass is 32.2. The molecule has 5 aromatic rings. The van der Waals surface area contributed by atoms with Crippen LogP contribution < -0.4 is 10.6 Å². The SMILES string of the molecule is N#Cc1c(NC(=O)C(Sc2cccc(NC(=O)c3cccs3)c2)c2ccccc2)sc2c1CCN(Cc1ccccc1)C2. The largest absolute Gasteiger partial charge is 0.321 e. The fourth-order valence-corrected chi connectivity index (χ4v) is 8.05. The minimum Gasteiger partial charge on any atom is -0.321 e. The predicted molar refractivity (Wildman–Crippen MR) is 176 cm³/mol. The molecule has 1 aliphatic heterocycles. The lowest BCUT2D eigenvalue weighted by atomic mass is 10.0. The smallest absolute Gasteiger partial charge is 0.265 e. The van der Waals surface area contributed by atoms with E-state index in [9.17, 15) is 14.9 Å². The summed E-state index contributed by atoms with van der Waals surface area (Å²) in [4.78, 5) is 31.5. The molecule has 0 bridgehead atoms. The lowest BCUT2D eigenvalue weighted by Gasteiger charge is -2.26. The summed E-state index contributed by atoms with van der Waals surface area (Å²) in [5, 5.41) is 18.1. The van der Waals surface area contributed by atoms with Gasteiger partial charge in [-0.1, -0.05) is 72.8 Å². The summed E-state index contributed by atoms with van der Waals surface area (Å²) < 4.78 is 0. The van der Waals surface area contributed by atoms with Crippen molar-refractivity contribution in [2.75, 3.05) is 17.2 Å². The normalized spacial score (nSPS) is 13.5. The summed E-state index contributed by atoms with van der Waals surface area (Å²) >= 11 is 4.30. The van der Waals surface area contributed by atoms with Crippen LogP contribution in [-0.4, -0.2) is 23.3 Å². The molecule has 1 unspecified atom stereocenters. The first-order valence-corrected chi connectivity index (χ1v) is 16.4. The first-order chi connectivity index (χ1) is 21.1. The van der Waals surface area contributed by atoms with Crippen LogP contribution in [0.5, 0.6) is 0 Å². The van der Waals surface area contributed by atoms with E-state index in [0.717, 1.165) is 47.0 Å². The van der Waals surface area contributed by atoms with E-state index in [1.165, 1.54) is 40.0 Å². The van der Waals surface area contributed by atoms with Crippen molar-refractivity contribution >= 4 is 56.9 Å². The Morgan fingerprint density at radius 3 is 2.49 bits per heavy atom. The molecule has 1 atom stereocenters. The molecule has 0 spiro atoms. The third kappa shape index (κ3) is 6.90. The number of carbonyl (C=O) groups excluding carboxylic acids is 2. The zero-order chi connectivity index (χ0) is 29.6. The quantitative estimate of drug-likeness (QED) is 0.163. The molecule has 6 rings (SSSR count). The Kier molecular flexibility index (Phi) is 9.01. The molecule has 2 aromatic heterocycles. The van der Waals surface area contributed by atoms with Crippen LogP contribution in [0.25, 0.3) is 0 Å². The number of rotatable bonds is 9. The molecule has 43 heavy (non-hydrogen) atoms. The number of anilines is 2. The van der Waals surface area contributed by atoms with Crippen LogP contribution in [0.15, 0.2) is 107 Å². The summed E-state index contributed by atoms with van der Waals surface area (Å²) in [6.45, 7) is 2.46. The lowest BCUT2D eigenvalue weighted by molar-refractivity contribution is -0.115. The van der Waals surface area contributed by atoms with Gasteiger partial charge in [0.15, 0.2) is 0 Å². The van der Waals surface area contributed by atoms with Crippen molar-refractivity contribution in [2.45, 2.75) is 29.7 Å². The maximum Gasteiger partial charge on any atom is 0.265 e. The lowest BCUT2D eigenvalue weighted by Crippen LogP contribution is -2.29. The topological polar surface area (TPSA) is 85.2 Å². The average Bonchev–Trinajstić information content (AvgIpc) is 3.69. The minimum atomic E-state index is -0.565. The second-order valence-electron chi connectivity index (χ2n) is 10.1. The Labute approximate surface area is 263 Å². The van der Waals surface area contributed by atoms with E-state index < -0.39 is 5.25 Å². The van der Waals surface area contributed by atoms with Gasteiger partial charge in [-0.2, -0.15) is 5.26 Å². The molecule has 0 aliphatic carbocycles. The maximum absolute atomic E-state index is 13.9. The Bertz CT molecular complexity index is 1760. The van der Waals surface area contributed by atoms with E-state index in [1.807, 2.05) is 72.1 Å². The molecule has 3 aromatic carbocycles. The van der Waals surface area contributed by atoms with Gasteiger partial charge in [0.05, 0.1) is 10.4 Å². The Balaban J connectivity index is 1.21. The van der Waals surface area contributed by atoms with E-state index >= 15 is 0 Å². The predicted octanol–water partition coefficient (Wildman–Crippen LogP) is 7.96. The molecule has 9 heteroatoms. The highest BCUT2D eigenvalue weighted by molar-refractivity contribution is 8.00. The number of benzene rings is 3. The van der Waals surface area contributed by atoms with Crippen molar-refractivity contribution in [2.24, 2.45) is 0 Å². The standard InChI is InChI=1S/C34H28N4O2S3/c35-20-28-27-16-17-38(21-23-9-3-1-4-10-23)22-30(27)43-34(28)37-33(40)31(24-11-5-2-6-12-24)42-26-14-7-13-25(19-26)36-32(39)29-15-8-18-41-29/h1-15,18-19,31H,16-17,21-22H2,(H,36,39)(H,37,40). The highest BCUT2D eigenvalue weighted by Crippen LogP contribution is 2.41. The van der Waals surface area contributed by atoms with Gasteiger partial charge in [-0.25, -0.2) is 0 Å². The van der Waals surface area contributed by atoms with E-state index in [2.05, 4.69) is 45.9 Å². The molecule has 2 amide bonds. The van der Waals surface area contributed by atoms with Gasteiger partial charge in [0.1, 0.15) is 16.3 Å². The van der Waals surface area contributed by atoms with E-state index in [-0.39, 0.29) is 11.8 Å². The van der Waals surface area contributed by atoms with Crippen molar-refractivity contribution in [3.05, 3.63) is 134 Å². The second-order valence-corrected chi connectivity index (χ2v) is 13.4. The van der Waals surface area contributed by atoms with Crippen molar-refractivity contribution in [1.29, 1.82) is 5.26 Å². The number of nitrogens with zero attached hydrogens (tertiary/aromatic N) is 2. The van der Waals surface area contributed by atoms with Crippen LogP contribution in [0.1, 0.15) is 42.1 Å². The van der Waals surface area contributed by atoms with Gasteiger partial charge in [0.25, 0.3) is 5.91 Å². The zero-order valence-corrected chi connectivity index (χ0v) is 25.6. The summed E-state index contributed by atoms with van der Waals surface area (Å²) in [6.07, 6.45) is 0.776. The van der Waals surface area contributed by atoms with Gasteiger partial charge in [-0.15, -0.1) is 34.4 Å². The van der Waals surface area contributed by atoms with Crippen molar-refractivity contribution in [1.82, 2.24) is 4.90 Å². The number of hydrogen-bond donors (Lipinski definition) is 2. The molecular formula is C34H28N4O2S3. The van der Waals surface area contributed by atoms with E-state index in [1.54, 1.807) is 6.07 Å². The number of carbonyl (C=O) groups is 2. The number of hydrogen-bond acceptors (Lipinski definition) is 7. The van der Waals surface area contributed by atoms with Crippen LogP contribution in [0, 0.1) is 11.3 Å². The van der Waals surface area contributed by atoms with E-state index in [0.29, 0.717) is 21.1 Å². The van der Waals surface area contributed by atoms with Crippen molar-refractivity contribution in [3.63, 3.8) is 0 Å². The molecule has 0 fully saturated rings. The Morgan fingerprint density at radius 2 is 1.74 bits per heavy atom. The highest BCUT2D eigenvalue weighted by Gasteiger charge is 2.28. The first kappa shape index (κ1) is 28.9. The van der Waals surface area contributed by atoms with Crippen LogP contribution in [0.4, 0.5) is 10.7 Å². The maximum atomic E-state index is 13.9. The molecule has 2 N–H and O–H groups in total. The van der Waals surface area contributed by atoms with Crippen LogP contribution in [-0.2, 0) is 24.3 Å². The third-order valence-electron chi connectivity index (χ3n) is 7.16. The molecule has 1 aliphatic rings. The summed E-state index contributed by atoms with van der Waals surface area (Å²) in [5.41, 5.74) is 4.39. The fraction of sp³-hybridized carbons (Fsp3) is 0.147. The average molecular weight is 621 g/mol. The first-order valence-electron chi connectivity index (χ1n) is 13.9. The van der Waals surface area contributed by atoms with Crippen LogP contribution in [0.3, 0.4) is 0 Å². The van der Waals surface area contributed by atoms with Gasteiger partial charge in [0.2, 0.25) is 5.91 Å². The molecule has 6 nitrogen and oxygen atoms in total. The monoisotopic (exact) mass is 620 g/mol. The summed E-state index contributed by atoms with van der Waals surface area (Å²) in [5.74, 6) is -0.358. The van der Waals surface area contributed by atoms with Crippen LogP contribution in [0.2, 0.25) is 0 Å². The zero-order valence-electron chi connectivity index (χ0n) is 23.2. The van der Waals surface area contributed by atoms with Gasteiger partial charge in [0, 0.05) is 35.1 Å². The van der Waals surface area contributed by atoms with Gasteiger partial charge in [-0.3, -0.25) is 14.5 Å².